The first kappa shape index (κ1) is 7.66. The molecule has 2 heteroatoms. The summed E-state index contributed by atoms with van der Waals surface area (Å²) >= 11 is 0. The minimum atomic E-state index is 0.896. The zero-order valence-electron chi connectivity index (χ0n) is 6.49. The lowest BCUT2D eigenvalue weighted by Crippen LogP contribution is -1.78. The lowest BCUT2D eigenvalue weighted by molar-refractivity contribution is 1.19. The fourth-order valence-electron chi connectivity index (χ4n) is 0.745. The Labute approximate surface area is 66.3 Å². The quantitative estimate of drug-likeness (QED) is 0.587. The first-order valence-electron chi connectivity index (χ1n) is 3.41. The maximum absolute atomic E-state index is 4.12. The Morgan fingerprint density at radius 3 is 3.09 bits per heavy atom. The highest BCUT2D eigenvalue weighted by molar-refractivity contribution is 5.73. The molecule has 0 aromatic carbocycles. The summed E-state index contributed by atoms with van der Waals surface area (Å²) in [4.78, 5) is 8.20. The number of hydrogen-bond acceptors (Lipinski definition) is 2. The summed E-state index contributed by atoms with van der Waals surface area (Å²) in [5.41, 5.74) is 1.83. The molecule has 0 saturated heterocycles. The molecule has 0 spiro atoms. The van der Waals surface area contributed by atoms with Gasteiger partial charge in [0.1, 0.15) is 0 Å². The smallest absolute Gasteiger partial charge is 0.0841 e. The SMILES string of the molecule is C=C/C=N\c1cccnc1C. The molecule has 0 radical (unpaired) electrons. The molecule has 56 valence electrons. The van der Waals surface area contributed by atoms with Crippen LogP contribution in [-0.2, 0) is 0 Å². The predicted octanol–water partition coefficient (Wildman–Crippen LogP) is 2.28. The maximum atomic E-state index is 4.12. The van der Waals surface area contributed by atoms with Gasteiger partial charge in [0.25, 0.3) is 0 Å². The maximum Gasteiger partial charge on any atom is 0.0841 e. The van der Waals surface area contributed by atoms with E-state index in [1.54, 1.807) is 18.5 Å². The number of allylic oxidation sites excluding steroid dienone is 1. The molecule has 0 saturated carbocycles. The van der Waals surface area contributed by atoms with Gasteiger partial charge in [-0.2, -0.15) is 0 Å². The molecule has 0 atom stereocenters. The van der Waals surface area contributed by atoms with Crippen LogP contribution in [0.3, 0.4) is 0 Å². The summed E-state index contributed by atoms with van der Waals surface area (Å²) < 4.78 is 0. The standard InChI is InChI=1S/C9H10N2/c1-3-6-11-9-5-4-7-10-8(9)2/h3-7H,1H2,2H3/b11-6-. The second kappa shape index (κ2) is 3.66. The zero-order chi connectivity index (χ0) is 8.10. The van der Waals surface area contributed by atoms with Crippen molar-refractivity contribution in [2.24, 2.45) is 4.99 Å². The lowest BCUT2D eigenvalue weighted by Gasteiger charge is -1.94. The number of aromatic nitrogens is 1. The van der Waals surface area contributed by atoms with Gasteiger partial charge in [0.05, 0.1) is 11.4 Å². The Balaban J connectivity index is 2.94. The van der Waals surface area contributed by atoms with Gasteiger partial charge in [0.15, 0.2) is 0 Å². The molecule has 0 fully saturated rings. The number of aliphatic imine (C=N–C) groups is 1. The summed E-state index contributed by atoms with van der Waals surface area (Å²) in [5, 5.41) is 0. The number of pyridine rings is 1. The average molecular weight is 146 g/mol. The molecule has 1 rings (SSSR count). The van der Waals surface area contributed by atoms with Crippen molar-refractivity contribution in [2.75, 3.05) is 0 Å². The number of hydrogen-bond donors (Lipinski definition) is 0. The van der Waals surface area contributed by atoms with E-state index in [9.17, 15) is 0 Å². The zero-order valence-corrected chi connectivity index (χ0v) is 6.49. The van der Waals surface area contributed by atoms with E-state index in [2.05, 4.69) is 16.6 Å². The number of nitrogens with zero attached hydrogens (tertiary/aromatic N) is 2. The molecular weight excluding hydrogens is 136 g/mol. The van der Waals surface area contributed by atoms with Crippen molar-refractivity contribution in [3.8, 4) is 0 Å². The van der Waals surface area contributed by atoms with Gasteiger partial charge in [0.2, 0.25) is 0 Å². The third kappa shape index (κ3) is 2.00. The Hall–Kier alpha value is -1.44. The molecule has 0 aliphatic carbocycles. The van der Waals surface area contributed by atoms with Crippen molar-refractivity contribution in [1.29, 1.82) is 0 Å². The van der Waals surface area contributed by atoms with E-state index in [0.29, 0.717) is 0 Å². The van der Waals surface area contributed by atoms with Crippen LogP contribution in [0.15, 0.2) is 36.0 Å². The summed E-state index contributed by atoms with van der Waals surface area (Å²) in [6.07, 6.45) is 5.05. The molecule has 1 aromatic heterocycles. The van der Waals surface area contributed by atoms with Gasteiger partial charge in [-0.15, -0.1) is 0 Å². The van der Waals surface area contributed by atoms with Crippen LogP contribution >= 0.6 is 0 Å². The summed E-state index contributed by atoms with van der Waals surface area (Å²) in [6.45, 7) is 5.46. The van der Waals surface area contributed by atoms with Crippen LogP contribution in [0.25, 0.3) is 0 Å². The van der Waals surface area contributed by atoms with E-state index < -0.39 is 0 Å². The molecule has 1 heterocycles. The van der Waals surface area contributed by atoms with E-state index in [4.69, 9.17) is 0 Å². The van der Waals surface area contributed by atoms with E-state index in [1.165, 1.54) is 0 Å². The van der Waals surface area contributed by atoms with Gasteiger partial charge < -0.3 is 0 Å². The van der Waals surface area contributed by atoms with Gasteiger partial charge in [-0.05, 0) is 19.1 Å². The van der Waals surface area contributed by atoms with Gasteiger partial charge in [-0.25, -0.2) is 0 Å². The molecule has 11 heavy (non-hydrogen) atoms. The fraction of sp³-hybridized carbons (Fsp3) is 0.111. The lowest BCUT2D eigenvalue weighted by atomic mass is 10.3. The molecule has 0 N–H and O–H groups in total. The summed E-state index contributed by atoms with van der Waals surface area (Å²) in [5.74, 6) is 0. The van der Waals surface area contributed by atoms with Crippen molar-refractivity contribution in [3.63, 3.8) is 0 Å². The minimum absolute atomic E-state index is 0.896. The first-order chi connectivity index (χ1) is 5.34. The van der Waals surface area contributed by atoms with Crippen LogP contribution < -0.4 is 0 Å². The van der Waals surface area contributed by atoms with E-state index in [1.807, 2.05) is 19.1 Å². The molecule has 1 aromatic rings. The highest BCUT2D eigenvalue weighted by Gasteiger charge is 1.91. The Morgan fingerprint density at radius 1 is 1.64 bits per heavy atom. The van der Waals surface area contributed by atoms with Gasteiger partial charge >= 0.3 is 0 Å². The third-order valence-electron chi connectivity index (χ3n) is 1.30. The van der Waals surface area contributed by atoms with Crippen molar-refractivity contribution in [3.05, 3.63) is 36.7 Å². The van der Waals surface area contributed by atoms with Gasteiger partial charge in [-0.3, -0.25) is 9.98 Å². The highest BCUT2D eigenvalue weighted by Crippen LogP contribution is 2.13. The largest absolute Gasteiger partial charge is 0.259 e. The normalized spacial score (nSPS) is 10.3. The molecule has 0 amide bonds. The van der Waals surface area contributed by atoms with E-state index in [0.717, 1.165) is 11.4 Å². The fourth-order valence-corrected chi connectivity index (χ4v) is 0.745. The van der Waals surface area contributed by atoms with Crippen molar-refractivity contribution >= 4 is 11.9 Å². The number of rotatable bonds is 2. The van der Waals surface area contributed by atoms with Crippen LogP contribution in [0.1, 0.15) is 5.69 Å². The van der Waals surface area contributed by atoms with Gasteiger partial charge in [-0.1, -0.05) is 12.7 Å². The van der Waals surface area contributed by atoms with Crippen molar-refractivity contribution in [1.82, 2.24) is 4.98 Å². The molecule has 0 aliphatic heterocycles. The Morgan fingerprint density at radius 2 is 2.45 bits per heavy atom. The summed E-state index contributed by atoms with van der Waals surface area (Å²) in [7, 11) is 0. The van der Waals surface area contributed by atoms with E-state index in [-0.39, 0.29) is 0 Å². The summed E-state index contributed by atoms with van der Waals surface area (Å²) in [6, 6.07) is 3.78. The predicted molar refractivity (Wildman–Crippen MR) is 47.3 cm³/mol. The number of aryl methyl sites for hydroxylation is 1. The van der Waals surface area contributed by atoms with Crippen LogP contribution in [0.5, 0.6) is 0 Å². The second-order valence-electron chi connectivity index (χ2n) is 2.12. The molecule has 2 nitrogen and oxygen atoms in total. The Kier molecular flexibility index (Phi) is 2.55. The van der Waals surface area contributed by atoms with Crippen LogP contribution in [0, 0.1) is 6.92 Å². The van der Waals surface area contributed by atoms with Crippen molar-refractivity contribution < 1.29 is 0 Å². The topological polar surface area (TPSA) is 25.2 Å². The van der Waals surface area contributed by atoms with Crippen LogP contribution in [0.4, 0.5) is 5.69 Å². The molecule has 0 bridgehead atoms. The monoisotopic (exact) mass is 146 g/mol. The Bertz CT molecular complexity index is 277. The van der Waals surface area contributed by atoms with Crippen LogP contribution in [-0.4, -0.2) is 11.2 Å². The molecule has 0 unspecified atom stereocenters. The average Bonchev–Trinajstić information content (AvgIpc) is 2.03. The van der Waals surface area contributed by atoms with E-state index >= 15 is 0 Å². The molecule has 0 aliphatic rings. The first-order valence-corrected chi connectivity index (χ1v) is 3.41. The van der Waals surface area contributed by atoms with Crippen LogP contribution in [0.2, 0.25) is 0 Å². The highest BCUT2D eigenvalue weighted by atomic mass is 14.8. The molecular formula is C9H10N2. The second-order valence-corrected chi connectivity index (χ2v) is 2.12. The minimum Gasteiger partial charge on any atom is -0.259 e. The third-order valence-corrected chi connectivity index (χ3v) is 1.30. The van der Waals surface area contributed by atoms with Crippen molar-refractivity contribution in [2.45, 2.75) is 6.92 Å². The van der Waals surface area contributed by atoms with Gasteiger partial charge in [0, 0.05) is 12.4 Å².